The highest BCUT2D eigenvalue weighted by Crippen LogP contribution is 2.33. The van der Waals surface area contributed by atoms with Gasteiger partial charge in [0, 0.05) is 6.04 Å². The first-order valence-electron chi connectivity index (χ1n) is 5.00. The van der Waals surface area contributed by atoms with Gasteiger partial charge in [-0.3, -0.25) is 0 Å². The average Bonchev–Trinajstić information content (AvgIpc) is 2.64. The van der Waals surface area contributed by atoms with Crippen molar-refractivity contribution < 1.29 is 9.47 Å². The maximum atomic E-state index is 5.77. The molecule has 1 unspecified atom stereocenters. The number of nitrogens with two attached hydrogens (primary N) is 1. The van der Waals surface area contributed by atoms with Gasteiger partial charge >= 0.3 is 0 Å². The molecule has 2 rings (SSSR count). The van der Waals surface area contributed by atoms with Gasteiger partial charge in [-0.25, -0.2) is 0 Å². The topological polar surface area (TPSA) is 44.5 Å². The van der Waals surface area contributed by atoms with Crippen molar-refractivity contribution in [2.75, 3.05) is 6.79 Å². The zero-order valence-corrected chi connectivity index (χ0v) is 8.99. The molecule has 3 heteroatoms. The van der Waals surface area contributed by atoms with E-state index in [1.807, 2.05) is 32.0 Å². The summed E-state index contributed by atoms with van der Waals surface area (Å²) in [4.78, 5) is 0. The van der Waals surface area contributed by atoms with E-state index in [0.29, 0.717) is 6.79 Å². The Bertz CT molecular complexity index is 397. The molecule has 0 amide bonds. The molecule has 0 aromatic heterocycles. The molecular formula is C12H15NO2. The first-order valence-corrected chi connectivity index (χ1v) is 5.00. The summed E-state index contributed by atoms with van der Waals surface area (Å²) < 4.78 is 10.5. The van der Waals surface area contributed by atoms with Gasteiger partial charge in [0.05, 0.1) is 0 Å². The maximum absolute atomic E-state index is 5.77. The minimum Gasteiger partial charge on any atom is -0.454 e. The van der Waals surface area contributed by atoms with Crippen LogP contribution in [0.5, 0.6) is 11.5 Å². The second kappa shape index (κ2) is 3.95. The van der Waals surface area contributed by atoms with E-state index in [4.69, 9.17) is 15.2 Å². The molecule has 0 aliphatic carbocycles. The van der Waals surface area contributed by atoms with E-state index in [2.05, 4.69) is 6.08 Å². The molecule has 80 valence electrons. The van der Waals surface area contributed by atoms with Crippen molar-refractivity contribution in [1.82, 2.24) is 0 Å². The van der Waals surface area contributed by atoms with Crippen molar-refractivity contribution in [3.8, 4) is 11.5 Å². The van der Waals surface area contributed by atoms with Crippen LogP contribution in [-0.2, 0) is 0 Å². The van der Waals surface area contributed by atoms with Crippen molar-refractivity contribution in [3.05, 3.63) is 29.3 Å². The van der Waals surface area contributed by atoms with Gasteiger partial charge in [0.1, 0.15) is 0 Å². The predicted octanol–water partition coefficient (Wildman–Crippen LogP) is 2.17. The summed E-state index contributed by atoms with van der Waals surface area (Å²) in [6.07, 6.45) is 2.06. The lowest BCUT2D eigenvalue weighted by atomic mass is 10.1. The van der Waals surface area contributed by atoms with Crippen LogP contribution < -0.4 is 15.2 Å². The highest BCUT2D eigenvalue weighted by molar-refractivity contribution is 5.58. The number of ether oxygens (including phenoxy) is 2. The van der Waals surface area contributed by atoms with Gasteiger partial charge in [-0.2, -0.15) is 0 Å². The minimum absolute atomic E-state index is 0.0791. The van der Waals surface area contributed by atoms with Crippen molar-refractivity contribution >= 4 is 6.08 Å². The Kier molecular flexibility index (Phi) is 2.64. The standard InChI is InChI=1S/C12H15NO2/c1-8(9(2)13)5-10-3-4-11-12(6-10)15-7-14-11/h3-6,9H,7,13H2,1-2H3/b8-5+. The number of fused-ring (bicyclic) bond motifs is 1. The molecule has 1 atom stereocenters. The third-order valence-corrected chi connectivity index (χ3v) is 2.51. The van der Waals surface area contributed by atoms with E-state index in [1.165, 1.54) is 0 Å². The van der Waals surface area contributed by atoms with Crippen LogP contribution in [0.4, 0.5) is 0 Å². The molecule has 15 heavy (non-hydrogen) atoms. The molecule has 0 radical (unpaired) electrons. The molecule has 3 nitrogen and oxygen atoms in total. The lowest BCUT2D eigenvalue weighted by Crippen LogP contribution is -2.15. The molecule has 0 bridgehead atoms. The van der Waals surface area contributed by atoms with Crippen LogP contribution in [0.15, 0.2) is 23.8 Å². The first-order chi connectivity index (χ1) is 7.16. The van der Waals surface area contributed by atoms with E-state index < -0.39 is 0 Å². The van der Waals surface area contributed by atoms with Crippen LogP contribution >= 0.6 is 0 Å². The highest BCUT2D eigenvalue weighted by atomic mass is 16.7. The van der Waals surface area contributed by atoms with E-state index in [0.717, 1.165) is 22.6 Å². The van der Waals surface area contributed by atoms with Crippen LogP contribution in [0.25, 0.3) is 6.08 Å². The molecule has 0 spiro atoms. The second-order valence-corrected chi connectivity index (χ2v) is 3.79. The first kappa shape index (κ1) is 10.1. The lowest BCUT2D eigenvalue weighted by Gasteiger charge is -2.05. The highest BCUT2D eigenvalue weighted by Gasteiger charge is 2.12. The molecule has 1 aliphatic rings. The number of hydrogen-bond donors (Lipinski definition) is 1. The molecule has 1 aromatic rings. The van der Waals surface area contributed by atoms with E-state index >= 15 is 0 Å². The molecule has 1 heterocycles. The number of benzene rings is 1. The molecule has 0 saturated carbocycles. The fraction of sp³-hybridized carbons (Fsp3) is 0.333. The normalized spacial score (nSPS) is 16.6. The summed E-state index contributed by atoms with van der Waals surface area (Å²) in [5.41, 5.74) is 8.01. The number of rotatable bonds is 2. The summed E-state index contributed by atoms with van der Waals surface area (Å²) >= 11 is 0. The molecule has 1 aromatic carbocycles. The Hall–Kier alpha value is -1.48. The molecule has 0 fully saturated rings. The third-order valence-electron chi connectivity index (χ3n) is 2.51. The van der Waals surface area contributed by atoms with Crippen molar-refractivity contribution in [3.63, 3.8) is 0 Å². The van der Waals surface area contributed by atoms with Crippen LogP contribution in [0, 0.1) is 0 Å². The van der Waals surface area contributed by atoms with Crippen molar-refractivity contribution in [2.45, 2.75) is 19.9 Å². The quantitative estimate of drug-likeness (QED) is 0.804. The molecule has 1 aliphatic heterocycles. The van der Waals surface area contributed by atoms with E-state index in [1.54, 1.807) is 0 Å². The van der Waals surface area contributed by atoms with Crippen LogP contribution in [0.2, 0.25) is 0 Å². The SMILES string of the molecule is C/C(=C\c1ccc2c(c1)OCO2)C(C)N. The van der Waals surface area contributed by atoms with Crippen LogP contribution in [-0.4, -0.2) is 12.8 Å². The molecular weight excluding hydrogens is 190 g/mol. The number of hydrogen-bond acceptors (Lipinski definition) is 3. The monoisotopic (exact) mass is 205 g/mol. The van der Waals surface area contributed by atoms with Gasteiger partial charge in [-0.1, -0.05) is 17.7 Å². The average molecular weight is 205 g/mol. The Morgan fingerprint density at radius 3 is 2.87 bits per heavy atom. The fourth-order valence-electron chi connectivity index (χ4n) is 1.40. The summed E-state index contributed by atoms with van der Waals surface area (Å²) in [6, 6.07) is 5.96. The lowest BCUT2D eigenvalue weighted by molar-refractivity contribution is 0.174. The van der Waals surface area contributed by atoms with Crippen LogP contribution in [0.1, 0.15) is 19.4 Å². The minimum atomic E-state index is 0.0791. The zero-order chi connectivity index (χ0) is 10.8. The smallest absolute Gasteiger partial charge is 0.231 e. The summed E-state index contributed by atoms with van der Waals surface area (Å²) in [5.74, 6) is 1.62. The molecule has 0 saturated heterocycles. The largest absolute Gasteiger partial charge is 0.454 e. The maximum Gasteiger partial charge on any atom is 0.231 e. The summed E-state index contributed by atoms with van der Waals surface area (Å²) in [7, 11) is 0. The van der Waals surface area contributed by atoms with Crippen molar-refractivity contribution in [2.24, 2.45) is 5.73 Å². The Labute approximate surface area is 89.5 Å². The van der Waals surface area contributed by atoms with E-state index in [9.17, 15) is 0 Å². The van der Waals surface area contributed by atoms with Gasteiger partial charge in [0.15, 0.2) is 11.5 Å². The van der Waals surface area contributed by atoms with Crippen molar-refractivity contribution in [1.29, 1.82) is 0 Å². The van der Waals surface area contributed by atoms with E-state index in [-0.39, 0.29) is 6.04 Å². The van der Waals surface area contributed by atoms with Gasteiger partial charge in [0.2, 0.25) is 6.79 Å². The third kappa shape index (κ3) is 2.13. The van der Waals surface area contributed by atoms with Gasteiger partial charge in [0.25, 0.3) is 0 Å². The second-order valence-electron chi connectivity index (χ2n) is 3.79. The zero-order valence-electron chi connectivity index (χ0n) is 8.99. The van der Waals surface area contributed by atoms with Gasteiger partial charge in [-0.05, 0) is 31.5 Å². The van der Waals surface area contributed by atoms with Crippen LogP contribution in [0.3, 0.4) is 0 Å². The Morgan fingerprint density at radius 2 is 2.13 bits per heavy atom. The fourth-order valence-corrected chi connectivity index (χ4v) is 1.40. The summed E-state index contributed by atoms with van der Waals surface area (Å²) in [5, 5.41) is 0. The van der Waals surface area contributed by atoms with Gasteiger partial charge in [-0.15, -0.1) is 0 Å². The predicted molar refractivity (Wildman–Crippen MR) is 59.9 cm³/mol. The Morgan fingerprint density at radius 1 is 1.40 bits per heavy atom. The summed E-state index contributed by atoms with van der Waals surface area (Å²) in [6.45, 7) is 4.31. The van der Waals surface area contributed by atoms with Gasteiger partial charge < -0.3 is 15.2 Å². The Balaban J connectivity index is 2.27. The molecule has 2 N–H and O–H groups in total.